The van der Waals surface area contributed by atoms with Gasteiger partial charge in [0.2, 0.25) is 0 Å². The maximum atomic E-state index is 13.0. The molecule has 0 saturated carbocycles. The molecule has 104 valence electrons. The zero-order valence-corrected chi connectivity index (χ0v) is 11.0. The Labute approximate surface area is 119 Å². The number of carbonyl (C=O) groups excluding carboxylic acids is 1. The summed E-state index contributed by atoms with van der Waals surface area (Å²) >= 11 is 5.63. The van der Waals surface area contributed by atoms with E-state index in [1.54, 1.807) is 0 Å². The number of hydrogen-bond donors (Lipinski definition) is 3. The van der Waals surface area contributed by atoms with Crippen molar-refractivity contribution in [2.45, 2.75) is 6.54 Å². The fraction of sp³-hybridized carbons (Fsp3) is 0.0714. The molecule has 0 bridgehead atoms. The molecule has 0 radical (unpaired) electrons. The Bertz CT molecular complexity index is 641. The lowest BCUT2D eigenvalue weighted by atomic mass is 10.1. The summed E-state index contributed by atoms with van der Waals surface area (Å²) in [6, 6.07) is 8.07. The summed E-state index contributed by atoms with van der Waals surface area (Å²) < 4.78 is 13.0. The van der Waals surface area contributed by atoms with Crippen LogP contribution in [0, 0.1) is 5.82 Å². The van der Waals surface area contributed by atoms with Gasteiger partial charge in [0, 0.05) is 6.54 Å². The summed E-state index contributed by atoms with van der Waals surface area (Å²) in [4.78, 5) is 11.9. The van der Waals surface area contributed by atoms with Crippen LogP contribution in [0.4, 0.5) is 4.39 Å². The van der Waals surface area contributed by atoms with Crippen LogP contribution in [0.15, 0.2) is 36.4 Å². The Balaban J connectivity index is 2.11. The highest BCUT2D eigenvalue weighted by molar-refractivity contribution is 6.30. The summed E-state index contributed by atoms with van der Waals surface area (Å²) in [7, 11) is 0. The van der Waals surface area contributed by atoms with Gasteiger partial charge in [-0.25, -0.2) is 4.39 Å². The number of hydrogen-bond acceptors (Lipinski definition) is 3. The minimum Gasteiger partial charge on any atom is -0.507 e. The number of halogens is 2. The zero-order valence-electron chi connectivity index (χ0n) is 10.2. The first-order valence-electron chi connectivity index (χ1n) is 5.72. The van der Waals surface area contributed by atoms with Crippen LogP contribution in [0.25, 0.3) is 0 Å². The molecule has 0 aliphatic carbocycles. The van der Waals surface area contributed by atoms with E-state index in [1.165, 1.54) is 36.4 Å². The van der Waals surface area contributed by atoms with Crippen LogP contribution in [-0.2, 0) is 6.54 Å². The van der Waals surface area contributed by atoms with E-state index in [9.17, 15) is 19.4 Å². The van der Waals surface area contributed by atoms with Gasteiger partial charge in [0.05, 0.1) is 5.02 Å². The average molecular weight is 296 g/mol. The number of benzene rings is 2. The van der Waals surface area contributed by atoms with Crippen LogP contribution >= 0.6 is 11.6 Å². The van der Waals surface area contributed by atoms with Crippen molar-refractivity contribution in [1.29, 1.82) is 0 Å². The van der Waals surface area contributed by atoms with Crippen LogP contribution in [-0.4, -0.2) is 16.1 Å². The van der Waals surface area contributed by atoms with Gasteiger partial charge in [-0.05, 0) is 29.8 Å². The molecule has 0 atom stereocenters. The van der Waals surface area contributed by atoms with Gasteiger partial charge < -0.3 is 15.5 Å². The lowest BCUT2D eigenvalue weighted by Gasteiger charge is -2.08. The molecule has 0 aliphatic rings. The zero-order chi connectivity index (χ0) is 14.7. The first-order chi connectivity index (χ1) is 9.49. The Morgan fingerprint density at radius 3 is 2.45 bits per heavy atom. The van der Waals surface area contributed by atoms with Crippen molar-refractivity contribution in [2.24, 2.45) is 0 Å². The predicted octanol–water partition coefficient (Wildman–Crippen LogP) is 2.82. The quantitative estimate of drug-likeness (QED) is 0.815. The number of phenols is 2. The molecule has 2 rings (SSSR count). The molecule has 1 amide bonds. The van der Waals surface area contributed by atoms with E-state index in [4.69, 9.17) is 11.6 Å². The van der Waals surface area contributed by atoms with Crippen molar-refractivity contribution >= 4 is 17.5 Å². The molecule has 4 nitrogen and oxygen atoms in total. The Kier molecular flexibility index (Phi) is 4.10. The molecule has 0 fully saturated rings. The maximum absolute atomic E-state index is 13.0. The molecule has 3 N–H and O–H groups in total. The Morgan fingerprint density at radius 1 is 1.20 bits per heavy atom. The van der Waals surface area contributed by atoms with E-state index >= 15 is 0 Å². The van der Waals surface area contributed by atoms with Crippen molar-refractivity contribution in [3.8, 4) is 11.5 Å². The lowest BCUT2D eigenvalue weighted by Crippen LogP contribution is -2.23. The van der Waals surface area contributed by atoms with E-state index < -0.39 is 11.7 Å². The van der Waals surface area contributed by atoms with Gasteiger partial charge in [0.25, 0.3) is 5.91 Å². The first-order valence-corrected chi connectivity index (χ1v) is 6.10. The van der Waals surface area contributed by atoms with Gasteiger partial charge in [0.1, 0.15) is 22.9 Å². The van der Waals surface area contributed by atoms with Gasteiger partial charge in [-0.15, -0.1) is 0 Å². The van der Waals surface area contributed by atoms with E-state index in [0.717, 1.165) is 0 Å². The first kappa shape index (κ1) is 14.1. The minimum atomic E-state index is -0.638. The smallest absolute Gasteiger partial charge is 0.259 e. The molecule has 6 heteroatoms. The van der Waals surface area contributed by atoms with Gasteiger partial charge in [-0.2, -0.15) is 0 Å². The minimum absolute atomic E-state index is 0.0397. The summed E-state index contributed by atoms with van der Waals surface area (Å²) in [5.74, 6) is -1.82. The molecule has 0 spiro atoms. The van der Waals surface area contributed by atoms with Gasteiger partial charge in [0.15, 0.2) is 0 Å². The summed E-state index contributed by atoms with van der Waals surface area (Å²) in [5.41, 5.74) is 0.389. The number of carbonyl (C=O) groups is 1. The molecule has 2 aromatic carbocycles. The summed E-state index contributed by atoms with van der Waals surface area (Å²) in [5, 5.41) is 21.6. The molecule has 0 aliphatic heterocycles. The third-order valence-electron chi connectivity index (χ3n) is 2.68. The number of phenolic OH excluding ortho intramolecular Hbond substituents is 2. The van der Waals surface area contributed by atoms with E-state index in [0.29, 0.717) is 5.56 Å². The molecular weight excluding hydrogens is 285 g/mol. The van der Waals surface area contributed by atoms with Gasteiger partial charge in [-0.1, -0.05) is 23.7 Å². The fourth-order valence-electron chi connectivity index (χ4n) is 1.68. The van der Waals surface area contributed by atoms with Crippen LogP contribution in [0.5, 0.6) is 11.5 Å². The number of rotatable bonds is 3. The second kappa shape index (κ2) is 5.79. The van der Waals surface area contributed by atoms with Gasteiger partial charge >= 0.3 is 0 Å². The highest BCUT2D eigenvalue weighted by atomic mass is 35.5. The molecule has 0 unspecified atom stereocenters. The summed E-state index contributed by atoms with van der Waals surface area (Å²) in [6.07, 6.45) is 0. The fourth-order valence-corrected chi connectivity index (χ4v) is 1.88. The molecular formula is C14H11ClFNO3. The largest absolute Gasteiger partial charge is 0.507 e. The standard InChI is InChI=1S/C14H11ClFNO3/c15-9-6-8(4-5-10(9)16)7-17-14(20)13-11(18)2-1-3-12(13)19/h1-6,18-19H,7H2,(H,17,20). The highest BCUT2D eigenvalue weighted by Gasteiger charge is 2.15. The van der Waals surface area contributed by atoms with Crippen LogP contribution < -0.4 is 5.32 Å². The molecule has 0 heterocycles. The van der Waals surface area contributed by atoms with Crippen molar-refractivity contribution in [1.82, 2.24) is 5.32 Å². The van der Waals surface area contributed by atoms with E-state index in [-0.39, 0.29) is 28.6 Å². The monoisotopic (exact) mass is 295 g/mol. The second-order valence-electron chi connectivity index (χ2n) is 4.10. The lowest BCUT2D eigenvalue weighted by molar-refractivity contribution is 0.0945. The highest BCUT2D eigenvalue weighted by Crippen LogP contribution is 2.26. The van der Waals surface area contributed by atoms with Crippen molar-refractivity contribution < 1.29 is 19.4 Å². The van der Waals surface area contributed by atoms with Crippen molar-refractivity contribution in [3.63, 3.8) is 0 Å². The molecule has 0 saturated heterocycles. The molecule has 0 aromatic heterocycles. The van der Waals surface area contributed by atoms with E-state index in [1.807, 2.05) is 0 Å². The summed E-state index contributed by atoms with van der Waals surface area (Å²) in [6.45, 7) is 0.0899. The Hall–Kier alpha value is -2.27. The van der Waals surface area contributed by atoms with Gasteiger partial charge in [-0.3, -0.25) is 4.79 Å². The van der Waals surface area contributed by atoms with Crippen molar-refractivity contribution in [3.05, 3.63) is 58.4 Å². The van der Waals surface area contributed by atoms with Crippen LogP contribution in [0.1, 0.15) is 15.9 Å². The third kappa shape index (κ3) is 3.00. The van der Waals surface area contributed by atoms with E-state index in [2.05, 4.69) is 5.32 Å². The predicted molar refractivity (Wildman–Crippen MR) is 72.4 cm³/mol. The second-order valence-corrected chi connectivity index (χ2v) is 4.51. The number of nitrogens with one attached hydrogen (secondary N) is 1. The topological polar surface area (TPSA) is 69.6 Å². The normalized spacial score (nSPS) is 10.3. The average Bonchev–Trinajstić information content (AvgIpc) is 2.40. The molecule has 2 aromatic rings. The maximum Gasteiger partial charge on any atom is 0.259 e. The SMILES string of the molecule is O=C(NCc1ccc(F)c(Cl)c1)c1c(O)cccc1O. The number of aromatic hydroxyl groups is 2. The third-order valence-corrected chi connectivity index (χ3v) is 2.97. The van der Waals surface area contributed by atoms with Crippen LogP contribution in [0.3, 0.4) is 0 Å². The van der Waals surface area contributed by atoms with Crippen LogP contribution in [0.2, 0.25) is 5.02 Å². The Morgan fingerprint density at radius 2 is 1.85 bits per heavy atom. The molecule has 20 heavy (non-hydrogen) atoms. The van der Waals surface area contributed by atoms with Crippen molar-refractivity contribution in [2.75, 3.05) is 0 Å². The number of amides is 1.